The Labute approximate surface area is 226 Å². The molecule has 6 rings (SSSR count). The van der Waals surface area contributed by atoms with Gasteiger partial charge in [-0.15, -0.1) is 0 Å². The van der Waals surface area contributed by atoms with Crippen LogP contribution in [-0.4, -0.2) is 91.5 Å². The molecule has 2 atom stereocenters. The molecule has 0 aliphatic carbocycles. The Morgan fingerprint density at radius 1 is 0.974 bits per heavy atom. The zero-order valence-corrected chi connectivity index (χ0v) is 23.1. The summed E-state index contributed by atoms with van der Waals surface area (Å²) in [6, 6.07) is 2.94. The predicted octanol–water partition coefficient (Wildman–Crippen LogP) is 1.48. The fourth-order valence-corrected chi connectivity index (χ4v) is 7.91. The highest BCUT2D eigenvalue weighted by atomic mass is 32.2. The normalized spacial score (nSPS) is 22.7. The summed E-state index contributed by atoms with van der Waals surface area (Å²) in [4.78, 5) is 15.3. The van der Waals surface area contributed by atoms with Crippen LogP contribution in [-0.2, 0) is 21.2 Å². The van der Waals surface area contributed by atoms with Crippen LogP contribution in [0.25, 0.3) is 0 Å². The number of nitrogens with zero attached hydrogens (tertiary/aromatic N) is 2. The van der Waals surface area contributed by atoms with E-state index in [9.17, 15) is 13.2 Å². The molecule has 0 aromatic heterocycles. The second-order valence-electron chi connectivity index (χ2n) is 9.74. The van der Waals surface area contributed by atoms with Crippen molar-refractivity contribution in [1.29, 1.82) is 0 Å². The third-order valence-corrected chi connectivity index (χ3v) is 9.83. The van der Waals surface area contributed by atoms with Crippen LogP contribution in [0.15, 0.2) is 17.0 Å². The van der Waals surface area contributed by atoms with E-state index in [4.69, 9.17) is 28.4 Å². The highest BCUT2D eigenvalue weighted by Crippen LogP contribution is 2.58. The summed E-state index contributed by atoms with van der Waals surface area (Å²) in [6.07, 6.45) is -0.338. The average molecular weight is 562 g/mol. The lowest BCUT2D eigenvalue weighted by Gasteiger charge is -2.39. The minimum absolute atomic E-state index is 0.0997. The number of nitrogens with one attached hydrogen (secondary N) is 1. The topological polar surface area (TPSA) is 125 Å². The van der Waals surface area contributed by atoms with Crippen molar-refractivity contribution in [1.82, 2.24) is 14.5 Å². The van der Waals surface area contributed by atoms with Crippen molar-refractivity contribution >= 4 is 16.0 Å². The minimum atomic E-state index is -3.94. The molecule has 1 fully saturated rings. The van der Waals surface area contributed by atoms with E-state index in [1.807, 2.05) is 11.9 Å². The first-order chi connectivity index (χ1) is 18.8. The van der Waals surface area contributed by atoms with Crippen molar-refractivity contribution < 1.29 is 41.6 Å². The SMILES string of the molecule is COc1ccc2c(c1OC)C(=O)OC2C1c2c(c(S(=O)(=O)N3CCNCC3)c3c(c2OC)OCO3)CCN1C. The van der Waals surface area contributed by atoms with E-state index >= 15 is 0 Å². The standard InChI is InChI=1S/C26H31N3O9S/c1-28-10-7-15-17(19(28)20-14-5-6-16(33-2)21(34-3)18(14)26(30)38-20)22(35-4)23-24(37-13-36-23)25(15)39(31,32)29-11-8-27-9-12-29/h5-6,19-20,27H,7-13H2,1-4H3. The number of benzene rings is 2. The van der Waals surface area contributed by atoms with Gasteiger partial charge >= 0.3 is 5.97 Å². The number of ether oxygens (including phenoxy) is 6. The molecule has 4 aliphatic rings. The maximum absolute atomic E-state index is 14.1. The largest absolute Gasteiger partial charge is 0.493 e. The Morgan fingerprint density at radius 2 is 1.69 bits per heavy atom. The summed E-state index contributed by atoms with van der Waals surface area (Å²) in [7, 11) is 2.45. The van der Waals surface area contributed by atoms with Gasteiger partial charge in [0, 0.05) is 43.9 Å². The molecule has 2 aromatic rings. The first-order valence-electron chi connectivity index (χ1n) is 12.7. The van der Waals surface area contributed by atoms with Crippen LogP contribution in [0.3, 0.4) is 0 Å². The molecule has 0 amide bonds. The highest BCUT2D eigenvalue weighted by molar-refractivity contribution is 7.89. The lowest BCUT2D eigenvalue weighted by atomic mass is 9.85. The van der Waals surface area contributed by atoms with Gasteiger partial charge in [-0.05, 0) is 25.1 Å². The van der Waals surface area contributed by atoms with Crippen LogP contribution in [0.4, 0.5) is 0 Å². The molecule has 0 spiro atoms. The highest BCUT2D eigenvalue weighted by Gasteiger charge is 2.49. The van der Waals surface area contributed by atoms with Crippen molar-refractivity contribution in [2.45, 2.75) is 23.5 Å². The molecule has 1 saturated heterocycles. The van der Waals surface area contributed by atoms with Crippen LogP contribution in [0.2, 0.25) is 0 Å². The number of methoxy groups -OCH3 is 3. The molecular formula is C26H31N3O9S. The van der Waals surface area contributed by atoms with Crippen LogP contribution in [0.5, 0.6) is 28.7 Å². The van der Waals surface area contributed by atoms with E-state index in [0.717, 1.165) is 0 Å². The van der Waals surface area contributed by atoms with E-state index in [-0.39, 0.29) is 28.8 Å². The zero-order valence-electron chi connectivity index (χ0n) is 22.2. The summed E-state index contributed by atoms with van der Waals surface area (Å²) >= 11 is 0. The molecule has 1 N–H and O–H groups in total. The second-order valence-corrected chi connectivity index (χ2v) is 11.6. The number of rotatable bonds is 6. The predicted molar refractivity (Wildman–Crippen MR) is 138 cm³/mol. The number of hydrogen-bond donors (Lipinski definition) is 1. The van der Waals surface area contributed by atoms with Gasteiger partial charge in [-0.1, -0.05) is 6.07 Å². The first-order valence-corrected chi connectivity index (χ1v) is 14.2. The van der Waals surface area contributed by atoms with Crippen LogP contribution < -0.4 is 29.0 Å². The Balaban J connectivity index is 1.58. The van der Waals surface area contributed by atoms with Crippen LogP contribution in [0.1, 0.15) is 39.2 Å². The van der Waals surface area contributed by atoms with Gasteiger partial charge in [-0.2, -0.15) is 4.31 Å². The molecule has 2 aromatic carbocycles. The molecule has 39 heavy (non-hydrogen) atoms. The first kappa shape index (κ1) is 26.0. The van der Waals surface area contributed by atoms with Gasteiger partial charge in [0.2, 0.25) is 22.6 Å². The fourth-order valence-electron chi connectivity index (χ4n) is 6.08. The van der Waals surface area contributed by atoms with Crippen molar-refractivity contribution in [2.24, 2.45) is 0 Å². The third-order valence-electron chi connectivity index (χ3n) is 7.84. The van der Waals surface area contributed by atoms with E-state index < -0.39 is 28.1 Å². The lowest BCUT2D eigenvalue weighted by molar-refractivity contribution is 0.00854. The van der Waals surface area contributed by atoms with Gasteiger partial charge in [-0.3, -0.25) is 4.90 Å². The van der Waals surface area contributed by atoms with Crippen LogP contribution >= 0.6 is 0 Å². The van der Waals surface area contributed by atoms with Gasteiger partial charge in [0.1, 0.15) is 16.6 Å². The van der Waals surface area contributed by atoms with Crippen molar-refractivity contribution in [2.75, 3.05) is 67.9 Å². The molecular weight excluding hydrogens is 530 g/mol. The van der Waals surface area contributed by atoms with E-state index in [2.05, 4.69) is 5.32 Å². The smallest absolute Gasteiger partial charge is 0.343 e. The Morgan fingerprint density at radius 3 is 2.38 bits per heavy atom. The summed E-state index contributed by atoms with van der Waals surface area (Å²) in [5.74, 6) is 0.945. The number of cyclic esters (lactones) is 1. The van der Waals surface area contributed by atoms with Gasteiger partial charge in [0.05, 0.1) is 27.4 Å². The number of carbonyl (C=O) groups is 1. The lowest BCUT2D eigenvalue weighted by Crippen LogP contribution is -2.47. The number of piperazine rings is 1. The number of carbonyl (C=O) groups excluding carboxylic acids is 1. The maximum atomic E-state index is 14.1. The summed E-state index contributed by atoms with van der Waals surface area (Å²) in [6.45, 7) is 2.19. The summed E-state index contributed by atoms with van der Waals surface area (Å²) in [5, 5.41) is 3.20. The summed E-state index contributed by atoms with van der Waals surface area (Å²) < 4.78 is 64.1. The molecule has 0 radical (unpaired) electrons. The Hall–Kier alpha value is -3.26. The van der Waals surface area contributed by atoms with E-state index in [1.54, 1.807) is 12.1 Å². The molecule has 210 valence electrons. The fraction of sp³-hybridized carbons (Fsp3) is 0.500. The number of likely N-dealkylation sites (N-methyl/N-ethyl adjacent to an activating group) is 1. The maximum Gasteiger partial charge on any atom is 0.343 e. The quantitative estimate of drug-likeness (QED) is 0.516. The molecule has 4 heterocycles. The molecule has 12 nitrogen and oxygen atoms in total. The van der Waals surface area contributed by atoms with E-state index in [1.165, 1.54) is 25.6 Å². The molecule has 2 unspecified atom stereocenters. The van der Waals surface area contributed by atoms with Crippen molar-refractivity contribution in [3.63, 3.8) is 0 Å². The monoisotopic (exact) mass is 561 g/mol. The van der Waals surface area contributed by atoms with Gasteiger partial charge < -0.3 is 33.7 Å². The number of hydrogen-bond acceptors (Lipinski definition) is 11. The number of esters is 1. The number of fused-ring (bicyclic) bond motifs is 3. The third kappa shape index (κ3) is 3.82. The van der Waals surface area contributed by atoms with Gasteiger partial charge in [0.15, 0.2) is 23.0 Å². The second kappa shape index (κ2) is 9.73. The van der Waals surface area contributed by atoms with Crippen molar-refractivity contribution in [3.05, 3.63) is 34.4 Å². The molecule has 0 bridgehead atoms. The van der Waals surface area contributed by atoms with Gasteiger partial charge in [0.25, 0.3) is 0 Å². The van der Waals surface area contributed by atoms with Crippen molar-refractivity contribution in [3.8, 4) is 28.7 Å². The molecule has 0 saturated carbocycles. The van der Waals surface area contributed by atoms with Crippen LogP contribution in [0, 0.1) is 0 Å². The minimum Gasteiger partial charge on any atom is -0.493 e. The average Bonchev–Trinajstić information content (AvgIpc) is 3.56. The molecule has 4 aliphatic heterocycles. The van der Waals surface area contributed by atoms with E-state index in [0.29, 0.717) is 73.1 Å². The Kier molecular flexibility index (Phi) is 6.49. The Bertz CT molecular complexity index is 1440. The zero-order chi connectivity index (χ0) is 27.5. The summed E-state index contributed by atoms with van der Waals surface area (Å²) in [5.41, 5.74) is 2.09. The number of sulfonamides is 1. The van der Waals surface area contributed by atoms with Gasteiger partial charge in [-0.25, -0.2) is 13.2 Å². The molecule has 13 heteroatoms.